The van der Waals surface area contributed by atoms with Crippen molar-refractivity contribution in [1.82, 2.24) is 0 Å². The summed E-state index contributed by atoms with van der Waals surface area (Å²) >= 11 is 19.1. The van der Waals surface area contributed by atoms with Gasteiger partial charge in [0.25, 0.3) is 10.0 Å². The summed E-state index contributed by atoms with van der Waals surface area (Å²) in [6.07, 6.45) is 0. The summed E-state index contributed by atoms with van der Waals surface area (Å²) in [6, 6.07) is 30.5. The number of sulfonamides is 1. The summed E-state index contributed by atoms with van der Waals surface area (Å²) in [5.41, 5.74) is 1.95. The number of halogens is 3. The maximum atomic E-state index is 14.2. The minimum atomic E-state index is -3.96. The van der Waals surface area contributed by atoms with E-state index >= 15 is 0 Å². The van der Waals surface area contributed by atoms with Crippen molar-refractivity contribution in [1.29, 1.82) is 0 Å². The normalized spacial score (nSPS) is 14.0. The molecule has 0 heterocycles. The number of anilines is 2. The molecule has 4 aromatic carbocycles. The maximum absolute atomic E-state index is 14.2. The van der Waals surface area contributed by atoms with Gasteiger partial charge in [-0.3, -0.25) is 9.29 Å². The van der Waals surface area contributed by atoms with Crippen LogP contribution in [0.3, 0.4) is 0 Å². The van der Waals surface area contributed by atoms with Gasteiger partial charge in [0, 0.05) is 22.3 Å². The molecular formula is C28H22Cl3N2O3PS. The molecule has 0 radical (unpaired) electrons. The van der Waals surface area contributed by atoms with Crippen LogP contribution in [-0.2, 0) is 14.6 Å². The van der Waals surface area contributed by atoms with Crippen molar-refractivity contribution < 1.29 is 13.0 Å². The van der Waals surface area contributed by atoms with Crippen LogP contribution in [0.5, 0.6) is 0 Å². The molecule has 2 N–H and O–H groups in total. The second-order valence-corrected chi connectivity index (χ2v) is 13.2. The van der Waals surface area contributed by atoms with E-state index in [1.807, 2.05) is 36.4 Å². The minimum Gasteiger partial charge on any atom is -0.330 e. The van der Waals surface area contributed by atoms with E-state index < -0.39 is 17.3 Å². The maximum Gasteiger partial charge on any atom is 0.261 e. The van der Waals surface area contributed by atoms with E-state index in [0.717, 1.165) is 0 Å². The summed E-state index contributed by atoms with van der Waals surface area (Å²) in [5, 5.41) is 3.86. The molecule has 0 saturated carbocycles. The summed E-state index contributed by atoms with van der Waals surface area (Å²) in [6.45, 7) is 0. The lowest BCUT2D eigenvalue weighted by atomic mass is 10.2. The zero-order valence-electron chi connectivity index (χ0n) is 19.8. The molecule has 5 nitrogen and oxygen atoms in total. The smallest absolute Gasteiger partial charge is 0.261 e. The number of hydrogen-bond donors (Lipinski definition) is 2. The molecular weight excluding hydrogens is 582 g/mol. The Morgan fingerprint density at radius 2 is 1.21 bits per heavy atom. The SMILES string of the molecule is O=P(/C=C(\Cl)c1ccccc1)(/C=C(/Cl)c1ccccc1)Nc1cccc(S(=O)(=O)Nc2cccc(Cl)c2)c1. The fourth-order valence-corrected chi connectivity index (χ4v) is 7.61. The molecule has 0 aliphatic carbocycles. The van der Waals surface area contributed by atoms with Crippen LogP contribution >= 0.6 is 42.1 Å². The Morgan fingerprint density at radius 1 is 0.684 bits per heavy atom. The first kappa shape index (κ1) is 28.0. The van der Waals surface area contributed by atoms with Gasteiger partial charge in [-0.05, 0) is 47.5 Å². The van der Waals surface area contributed by atoms with Crippen molar-refractivity contribution in [2.75, 3.05) is 9.81 Å². The zero-order chi connectivity index (χ0) is 27.2. The highest BCUT2D eigenvalue weighted by Gasteiger charge is 2.21. The van der Waals surface area contributed by atoms with E-state index in [1.54, 1.807) is 54.6 Å². The first-order valence-electron chi connectivity index (χ1n) is 11.3. The zero-order valence-corrected chi connectivity index (χ0v) is 23.7. The monoisotopic (exact) mass is 602 g/mol. The number of benzene rings is 4. The van der Waals surface area contributed by atoms with E-state index in [1.165, 1.54) is 29.8 Å². The first-order chi connectivity index (χ1) is 18.1. The Kier molecular flexibility index (Phi) is 9.03. The van der Waals surface area contributed by atoms with Gasteiger partial charge >= 0.3 is 0 Å². The highest BCUT2D eigenvalue weighted by Crippen LogP contribution is 2.53. The summed E-state index contributed by atoms with van der Waals surface area (Å²) < 4.78 is 42.8. The van der Waals surface area contributed by atoms with E-state index in [-0.39, 0.29) is 15.0 Å². The van der Waals surface area contributed by atoms with E-state index in [2.05, 4.69) is 9.81 Å². The molecule has 0 amide bonds. The average molecular weight is 604 g/mol. The largest absolute Gasteiger partial charge is 0.330 e. The molecule has 38 heavy (non-hydrogen) atoms. The molecule has 0 bridgehead atoms. The molecule has 4 aromatic rings. The Morgan fingerprint density at radius 3 is 1.76 bits per heavy atom. The molecule has 10 heteroatoms. The number of hydrogen-bond acceptors (Lipinski definition) is 3. The van der Waals surface area contributed by atoms with Crippen LogP contribution in [0.4, 0.5) is 11.4 Å². The Hall–Kier alpha value is -2.99. The quantitative estimate of drug-likeness (QED) is 0.187. The van der Waals surface area contributed by atoms with Crippen LogP contribution in [0.1, 0.15) is 11.1 Å². The lowest BCUT2D eigenvalue weighted by molar-refractivity contribution is 0.589. The lowest BCUT2D eigenvalue weighted by Crippen LogP contribution is -2.13. The predicted molar refractivity (Wildman–Crippen MR) is 160 cm³/mol. The van der Waals surface area contributed by atoms with Gasteiger partial charge < -0.3 is 5.09 Å². The van der Waals surface area contributed by atoms with Gasteiger partial charge in [-0.15, -0.1) is 0 Å². The van der Waals surface area contributed by atoms with Crippen molar-refractivity contribution in [3.63, 3.8) is 0 Å². The standard InChI is InChI=1S/C28H22Cl3N2O3PS/c29-23-13-7-15-25(17-23)33-38(35,36)26-16-8-14-24(18-26)32-37(34,19-27(30)21-9-3-1-4-10-21)20-28(31)22-11-5-2-6-12-22/h1-20,33H,(H,32,34)/b27-19-,28-20+. The predicted octanol–water partition coefficient (Wildman–Crippen LogP) is 9.31. The molecule has 0 saturated heterocycles. The van der Waals surface area contributed by atoms with Crippen LogP contribution in [0.25, 0.3) is 10.1 Å². The fraction of sp³-hybridized carbons (Fsp3) is 0. The second kappa shape index (κ2) is 12.2. The average Bonchev–Trinajstić information content (AvgIpc) is 2.89. The molecule has 194 valence electrons. The molecule has 0 fully saturated rings. The third-order valence-electron chi connectivity index (χ3n) is 5.23. The third-order valence-corrected chi connectivity index (χ3v) is 9.70. The molecule has 4 rings (SSSR count). The highest BCUT2D eigenvalue weighted by molar-refractivity contribution is 7.92. The van der Waals surface area contributed by atoms with Gasteiger partial charge in [-0.2, -0.15) is 0 Å². The first-order valence-corrected chi connectivity index (χ1v) is 15.7. The minimum absolute atomic E-state index is 0.0368. The van der Waals surface area contributed by atoms with Crippen LogP contribution in [0, 0.1) is 0 Å². The van der Waals surface area contributed by atoms with Crippen molar-refractivity contribution >= 4 is 73.6 Å². The van der Waals surface area contributed by atoms with Crippen molar-refractivity contribution in [2.24, 2.45) is 0 Å². The van der Waals surface area contributed by atoms with Gasteiger partial charge in [0.15, 0.2) is 0 Å². The van der Waals surface area contributed by atoms with E-state index in [4.69, 9.17) is 34.8 Å². The Balaban J connectivity index is 1.71. The van der Waals surface area contributed by atoms with Gasteiger partial charge in [0.1, 0.15) is 0 Å². The van der Waals surface area contributed by atoms with Crippen LogP contribution in [-0.4, -0.2) is 8.42 Å². The summed E-state index contributed by atoms with van der Waals surface area (Å²) in [4.78, 5) is -0.0368. The Labute approximate surface area is 237 Å². The third kappa shape index (κ3) is 7.53. The van der Waals surface area contributed by atoms with E-state index in [0.29, 0.717) is 27.5 Å². The lowest BCUT2D eigenvalue weighted by Gasteiger charge is -2.17. The molecule has 1 atom stereocenters. The van der Waals surface area contributed by atoms with Crippen molar-refractivity contribution in [3.05, 3.63) is 137 Å². The van der Waals surface area contributed by atoms with Crippen LogP contribution in [0.15, 0.2) is 126 Å². The molecule has 0 aromatic heterocycles. The van der Waals surface area contributed by atoms with Gasteiger partial charge in [0.2, 0.25) is 7.29 Å². The van der Waals surface area contributed by atoms with Gasteiger partial charge in [-0.25, -0.2) is 8.42 Å². The van der Waals surface area contributed by atoms with Gasteiger partial charge in [0.05, 0.1) is 20.6 Å². The summed E-state index contributed by atoms with van der Waals surface area (Å²) in [5.74, 6) is 2.81. The highest BCUT2D eigenvalue weighted by atomic mass is 35.5. The van der Waals surface area contributed by atoms with Gasteiger partial charge in [-0.1, -0.05) is 108 Å². The second-order valence-electron chi connectivity index (χ2n) is 8.15. The molecule has 0 spiro atoms. The molecule has 0 aliphatic rings. The van der Waals surface area contributed by atoms with E-state index in [9.17, 15) is 13.0 Å². The Bertz CT molecular complexity index is 1580. The van der Waals surface area contributed by atoms with Crippen LogP contribution in [0.2, 0.25) is 5.02 Å². The summed E-state index contributed by atoms with van der Waals surface area (Å²) in [7, 11) is -7.56. The topological polar surface area (TPSA) is 75.3 Å². The number of nitrogens with one attached hydrogen (secondary N) is 2. The van der Waals surface area contributed by atoms with Crippen LogP contribution < -0.4 is 9.81 Å². The molecule has 0 aliphatic heterocycles. The van der Waals surface area contributed by atoms with Crippen molar-refractivity contribution in [2.45, 2.75) is 4.90 Å². The van der Waals surface area contributed by atoms with Crippen molar-refractivity contribution in [3.8, 4) is 0 Å². The fourth-order valence-electron chi connectivity index (χ4n) is 3.48. The molecule has 1 unspecified atom stereocenters. The number of rotatable bonds is 9.